The Kier molecular flexibility index (Phi) is 6.74. The van der Waals surface area contributed by atoms with E-state index < -0.39 is 24.5 Å². The van der Waals surface area contributed by atoms with Gasteiger partial charge in [0.25, 0.3) is 0 Å². The number of hydrogen-bond donors (Lipinski definition) is 1. The molecule has 4 aromatic rings. The van der Waals surface area contributed by atoms with Crippen molar-refractivity contribution >= 4 is 11.0 Å². The minimum atomic E-state index is -0.868. The van der Waals surface area contributed by atoms with Crippen LogP contribution < -0.4 is 0 Å². The second-order valence-corrected chi connectivity index (χ2v) is 8.89. The van der Waals surface area contributed by atoms with Gasteiger partial charge in [-0.3, -0.25) is 0 Å². The molecule has 3 aromatic carbocycles. The van der Waals surface area contributed by atoms with Gasteiger partial charge in [-0.1, -0.05) is 60.7 Å². The van der Waals surface area contributed by atoms with Crippen molar-refractivity contribution in [2.75, 3.05) is 6.61 Å². The second kappa shape index (κ2) is 10.1. The highest BCUT2D eigenvalue weighted by Gasteiger charge is 2.46. The van der Waals surface area contributed by atoms with Gasteiger partial charge in [-0.2, -0.15) is 0 Å². The Hall–Kier alpha value is -3.03. The molecule has 0 spiro atoms. The maximum absolute atomic E-state index is 11.3. The molecule has 0 bridgehead atoms. The van der Waals surface area contributed by atoms with Crippen molar-refractivity contribution in [2.24, 2.45) is 0 Å². The number of nitrogens with zero attached hydrogens (tertiary/aromatic N) is 2. The Labute approximate surface area is 199 Å². The van der Waals surface area contributed by atoms with Crippen molar-refractivity contribution in [1.82, 2.24) is 9.55 Å². The van der Waals surface area contributed by atoms with Gasteiger partial charge in [0.05, 0.1) is 37.2 Å². The Bertz CT molecular complexity index is 1230. The number of fused-ring (bicyclic) bond motifs is 1. The van der Waals surface area contributed by atoms with E-state index in [9.17, 15) is 5.11 Å². The van der Waals surface area contributed by atoms with E-state index >= 15 is 0 Å². The topological polar surface area (TPSA) is 65.7 Å². The van der Waals surface area contributed by atoms with Crippen LogP contribution in [-0.4, -0.2) is 39.6 Å². The molecule has 1 aromatic heterocycles. The number of benzene rings is 3. The molecule has 1 aliphatic rings. The average Bonchev–Trinajstić information content (AvgIpc) is 3.39. The maximum atomic E-state index is 11.3. The van der Waals surface area contributed by atoms with Crippen LogP contribution in [0.4, 0.5) is 0 Å². The zero-order valence-corrected chi connectivity index (χ0v) is 19.5. The Morgan fingerprint density at radius 3 is 2.26 bits per heavy atom. The first-order chi connectivity index (χ1) is 16.6. The van der Waals surface area contributed by atoms with Crippen molar-refractivity contribution < 1.29 is 19.3 Å². The number of aliphatic hydroxyl groups excluding tert-OH is 1. The molecule has 1 N–H and O–H groups in total. The first-order valence-electron chi connectivity index (χ1n) is 11.6. The summed E-state index contributed by atoms with van der Waals surface area (Å²) in [7, 11) is 0. The molecule has 4 atom stereocenters. The number of aryl methyl sites for hydroxylation is 2. The van der Waals surface area contributed by atoms with Gasteiger partial charge in [0.1, 0.15) is 18.3 Å². The highest BCUT2D eigenvalue weighted by atomic mass is 16.6. The van der Waals surface area contributed by atoms with Crippen LogP contribution in [0.3, 0.4) is 0 Å². The molecular formula is C28H30N2O4. The van der Waals surface area contributed by atoms with Gasteiger partial charge in [0.2, 0.25) is 0 Å². The lowest BCUT2D eigenvalue weighted by Crippen LogP contribution is -2.36. The Balaban J connectivity index is 1.36. The maximum Gasteiger partial charge on any atom is 0.164 e. The smallest absolute Gasteiger partial charge is 0.164 e. The zero-order valence-electron chi connectivity index (χ0n) is 19.5. The summed E-state index contributed by atoms with van der Waals surface area (Å²) >= 11 is 0. The highest BCUT2D eigenvalue weighted by molar-refractivity contribution is 5.77. The van der Waals surface area contributed by atoms with Crippen LogP contribution in [0.15, 0.2) is 79.1 Å². The molecule has 1 saturated heterocycles. The molecule has 0 amide bonds. The van der Waals surface area contributed by atoms with Gasteiger partial charge >= 0.3 is 0 Å². The molecular weight excluding hydrogens is 428 g/mol. The summed E-state index contributed by atoms with van der Waals surface area (Å²) in [6.07, 6.45) is -0.702. The molecule has 4 unspecified atom stereocenters. The van der Waals surface area contributed by atoms with Crippen LogP contribution in [0.2, 0.25) is 0 Å². The van der Waals surface area contributed by atoms with Gasteiger partial charge in [-0.15, -0.1) is 0 Å². The molecule has 6 nitrogen and oxygen atoms in total. The van der Waals surface area contributed by atoms with E-state index in [-0.39, 0.29) is 0 Å². The second-order valence-electron chi connectivity index (χ2n) is 8.89. The molecule has 176 valence electrons. The molecule has 6 heteroatoms. The summed E-state index contributed by atoms with van der Waals surface area (Å²) in [4.78, 5) is 4.54. The van der Waals surface area contributed by atoms with Crippen LogP contribution >= 0.6 is 0 Å². The van der Waals surface area contributed by atoms with Crippen molar-refractivity contribution in [3.05, 3.63) is 101 Å². The first-order valence-corrected chi connectivity index (χ1v) is 11.6. The SMILES string of the molecule is Cc1cc2ncn(C3OC(COCc4ccccc4)C(OCc4ccccc4)C3O)c2cc1C. The average molecular weight is 459 g/mol. The van der Waals surface area contributed by atoms with E-state index in [0.717, 1.165) is 22.2 Å². The first kappa shape index (κ1) is 22.7. The van der Waals surface area contributed by atoms with Gasteiger partial charge in [-0.05, 0) is 48.2 Å². The minimum absolute atomic E-state index is 0.312. The summed E-state index contributed by atoms with van der Waals surface area (Å²) in [6.45, 7) is 5.31. The molecule has 0 aliphatic carbocycles. The predicted molar refractivity (Wildman–Crippen MR) is 130 cm³/mol. The van der Waals surface area contributed by atoms with Crippen molar-refractivity contribution in [3.63, 3.8) is 0 Å². The summed E-state index contributed by atoms with van der Waals surface area (Å²) in [6, 6.07) is 24.1. The molecule has 0 radical (unpaired) electrons. The lowest BCUT2D eigenvalue weighted by atomic mass is 10.1. The fourth-order valence-electron chi connectivity index (χ4n) is 4.41. The third-order valence-electron chi connectivity index (χ3n) is 6.45. The van der Waals surface area contributed by atoms with E-state index in [1.807, 2.05) is 65.2 Å². The lowest BCUT2D eigenvalue weighted by Gasteiger charge is -2.21. The van der Waals surface area contributed by atoms with Crippen LogP contribution in [0, 0.1) is 13.8 Å². The third-order valence-corrected chi connectivity index (χ3v) is 6.45. The number of ether oxygens (including phenoxy) is 3. The van der Waals surface area contributed by atoms with Gasteiger partial charge in [0.15, 0.2) is 6.23 Å². The fourth-order valence-corrected chi connectivity index (χ4v) is 4.41. The standard InChI is InChI=1S/C28H30N2O4/c1-19-13-23-24(14-20(19)2)30(18-29-23)28-26(31)27(33-16-22-11-7-4-8-12-22)25(34-28)17-32-15-21-9-5-3-6-10-21/h3-14,18,25-28,31H,15-17H2,1-2H3. The van der Waals surface area contributed by atoms with Crippen LogP contribution in [-0.2, 0) is 27.4 Å². The molecule has 1 fully saturated rings. The number of hydrogen-bond acceptors (Lipinski definition) is 5. The van der Waals surface area contributed by atoms with Crippen LogP contribution in [0.25, 0.3) is 11.0 Å². The van der Waals surface area contributed by atoms with E-state index in [2.05, 4.69) is 31.0 Å². The number of rotatable bonds is 8. The molecule has 0 saturated carbocycles. The fraction of sp³-hybridized carbons (Fsp3) is 0.321. The summed E-state index contributed by atoms with van der Waals surface area (Å²) in [5.41, 5.74) is 6.29. The van der Waals surface area contributed by atoms with Gasteiger partial charge in [0, 0.05) is 0 Å². The number of imidazole rings is 1. The van der Waals surface area contributed by atoms with Gasteiger partial charge in [-0.25, -0.2) is 4.98 Å². The van der Waals surface area contributed by atoms with E-state index in [0.29, 0.717) is 19.8 Å². The van der Waals surface area contributed by atoms with Crippen molar-refractivity contribution in [1.29, 1.82) is 0 Å². The molecule has 34 heavy (non-hydrogen) atoms. The lowest BCUT2D eigenvalue weighted by molar-refractivity contribution is -0.0822. The normalized spacial score (nSPS) is 22.4. The predicted octanol–water partition coefficient (Wildman–Crippen LogP) is 4.71. The quantitative estimate of drug-likeness (QED) is 0.414. The molecule has 5 rings (SSSR count). The third kappa shape index (κ3) is 4.76. The number of aromatic nitrogens is 2. The number of aliphatic hydroxyl groups is 1. The highest BCUT2D eigenvalue weighted by Crippen LogP contribution is 2.35. The molecule has 1 aliphatic heterocycles. The Morgan fingerprint density at radius 2 is 1.56 bits per heavy atom. The molecule has 2 heterocycles. The van der Waals surface area contributed by atoms with Gasteiger partial charge < -0.3 is 23.9 Å². The largest absolute Gasteiger partial charge is 0.386 e. The summed E-state index contributed by atoms with van der Waals surface area (Å²) < 4.78 is 20.5. The van der Waals surface area contributed by atoms with Crippen molar-refractivity contribution in [2.45, 2.75) is 51.6 Å². The summed E-state index contributed by atoms with van der Waals surface area (Å²) in [5.74, 6) is 0. The monoisotopic (exact) mass is 458 g/mol. The summed E-state index contributed by atoms with van der Waals surface area (Å²) in [5, 5.41) is 11.3. The van der Waals surface area contributed by atoms with Crippen molar-refractivity contribution in [3.8, 4) is 0 Å². The van der Waals surface area contributed by atoms with Crippen LogP contribution in [0.5, 0.6) is 0 Å². The minimum Gasteiger partial charge on any atom is -0.386 e. The zero-order chi connectivity index (χ0) is 23.5. The van der Waals surface area contributed by atoms with E-state index in [4.69, 9.17) is 14.2 Å². The van der Waals surface area contributed by atoms with E-state index in [1.54, 1.807) is 6.33 Å². The Morgan fingerprint density at radius 1 is 0.912 bits per heavy atom. The van der Waals surface area contributed by atoms with Crippen LogP contribution in [0.1, 0.15) is 28.5 Å². The van der Waals surface area contributed by atoms with E-state index in [1.165, 1.54) is 11.1 Å².